The van der Waals surface area contributed by atoms with Gasteiger partial charge in [-0.3, -0.25) is 0 Å². The predicted molar refractivity (Wildman–Crippen MR) is 46.7 cm³/mol. The molecule has 0 saturated heterocycles. The second-order valence-electron chi connectivity index (χ2n) is 2.18. The Hall–Kier alpha value is -0.0143. The summed E-state index contributed by atoms with van der Waals surface area (Å²) in [7, 11) is 0. The van der Waals surface area contributed by atoms with Crippen molar-refractivity contribution < 1.29 is 22.6 Å². The summed E-state index contributed by atoms with van der Waals surface area (Å²) in [4.78, 5) is 20.1. The van der Waals surface area contributed by atoms with Gasteiger partial charge in [0, 0.05) is 0 Å². The Balaban J connectivity index is 3.00. The van der Waals surface area contributed by atoms with Crippen molar-refractivity contribution in [3.05, 3.63) is 0 Å². The van der Waals surface area contributed by atoms with Gasteiger partial charge in [-0.25, -0.2) is 0 Å². The van der Waals surface area contributed by atoms with Crippen LogP contribution in [-0.2, 0) is 12.4 Å². The van der Waals surface area contributed by atoms with Gasteiger partial charge in [0.15, 0.2) is 0 Å². The van der Waals surface area contributed by atoms with E-state index in [4.69, 9.17) is 13.0 Å². The van der Waals surface area contributed by atoms with E-state index in [9.17, 15) is 9.59 Å². The predicted octanol–water partition coefficient (Wildman–Crippen LogP) is 0.0274. The molecule has 4 radical (unpaired) electrons. The standard InChI is InChI=1S/C6H10Ge2O5/c9-5(10)1-3-7-13-8-4-2-6(11)12/h1-4H2,(H,9,10)(H,11,12). The molecule has 0 fully saturated rings. The molecule has 0 aromatic heterocycles. The molecule has 0 aromatic carbocycles. The number of hydrogen-bond donors (Lipinski definition) is 2. The van der Waals surface area contributed by atoms with Crippen molar-refractivity contribution >= 4 is 43.5 Å². The van der Waals surface area contributed by atoms with Gasteiger partial charge in [0.2, 0.25) is 0 Å². The topological polar surface area (TPSA) is 83.8 Å². The van der Waals surface area contributed by atoms with E-state index in [-0.39, 0.29) is 12.8 Å². The van der Waals surface area contributed by atoms with Crippen LogP contribution >= 0.6 is 0 Å². The van der Waals surface area contributed by atoms with Crippen LogP contribution in [0.15, 0.2) is 0 Å². The molecule has 0 saturated carbocycles. The van der Waals surface area contributed by atoms with Gasteiger partial charge in [-0.1, -0.05) is 0 Å². The Morgan fingerprint density at radius 3 is 1.69 bits per heavy atom. The second-order valence-corrected chi connectivity index (χ2v) is 8.14. The van der Waals surface area contributed by atoms with Crippen LogP contribution in [0.2, 0.25) is 10.5 Å². The van der Waals surface area contributed by atoms with Gasteiger partial charge in [0.05, 0.1) is 0 Å². The molecule has 0 atom stereocenters. The monoisotopic (exact) mass is 310 g/mol. The third-order valence-corrected chi connectivity index (χ3v) is 6.68. The number of carbonyl (C=O) groups is 2. The van der Waals surface area contributed by atoms with Crippen molar-refractivity contribution in [2.75, 3.05) is 0 Å². The van der Waals surface area contributed by atoms with Gasteiger partial charge >= 0.3 is 89.4 Å². The fourth-order valence-electron chi connectivity index (χ4n) is 0.469. The molecule has 0 bridgehead atoms. The average molecular weight is 307 g/mol. The van der Waals surface area contributed by atoms with Gasteiger partial charge in [-0.2, -0.15) is 0 Å². The third kappa shape index (κ3) is 12.0. The summed E-state index contributed by atoms with van der Waals surface area (Å²) in [6.45, 7) is 0. The molecule has 5 nitrogen and oxygen atoms in total. The molecule has 72 valence electrons. The first-order chi connectivity index (χ1) is 6.13. The number of carboxylic acids is 2. The van der Waals surface area contributed by atoms with Gasteiger partial charge in [-0.15, -0.1) is 0 Å². The van der Waals surface area contributed by atoms with Crippen molar-refractivity contribution in [2.24, 2.45) is 0 Å². The summed E-state index contributed by atoms with van der Waals surface area (Å²) >= 11 is -1.16. The Kier molecular flexibility index (Phi) is 8.57. The maximum atomic E-state index is 10.1. The first-order valence-electron chi connectivity index (χ1n) is 3.68. The maximum absolute atomic E-state index is 10.1. The first kappa shape index (κ1) is 13.0. The fraction of sp³-hybridized carbons (Fsp3) is 0.667. The molecule has 0 heterocycles. The fourth-order valence-corrected chi connectivity index (χ4v) is 5.78. The number of rotatable bonds is 8. The normalized spacial score (nSPS) is 9.85. The molecule has 7 heteroatoms. The molecule has 13 heavy (non-hydrogen) atoms. The first-order valence-corrected chi connectivity index (χ1v) is 8.36. The van der Waals surface area contributed by atoms with Gasteiger partial charge in [0.25, 0.3) is 0 Å². The molecule has 0 aliphatic carbocycles. The van der Waals surface area contributed by atoms with Crippen LogP contribution in [0.1, 0.15) is 12.8 Å². The van der Waals surface area contributed by atoms with Crippen LogP contribution in [0.5, 0.6) is 0 Å². The minimum absolute atomic E-state index is 0.172. The van der Waals surface area contributed by atoms with E-state index in [0.29, 0.717) is 10.5 Å². The van der Waals surface area contributed by atoms with Crippen LogP contribution in [0.25, 0.3) is 0 Å². The summed E-state index contributed by atoms with van der Waals surface area (Å²) in [6, 6.07) is 0. The van der Waals surface area contributed by atoms with Crippen LogP contribution in [0, 0.1) is 0 Å². The van der Waals surface area contributed by atoms with E-state index in [1.165, 1.54) is 0 Å². The molecule has 0 aromatic rings. The number of aliphatic carboxylic acids is 2. The Morgan fingerprint density at radius 2 is 1.38 bits per heavy atom. The molecule has 0 unspecified atom stereocenters. The third-order valence-electron chi connectivity index (χ3n) is 1.03. The zero-order valence-electron chi connectivity index (χ0n) is 6.95. The summed E-state index contributed by atoms with van der Waals surface area (Å²) in [5.41, 5.74) is 0. The van der Waals surface area contributed by atoms with E-state index >= 15 is 0 Å². The zero-order valence-corrected chi connectivity index (χ0v) is 11.1. The molecule has 2 N–H and O–H groups in total. The number of hydrogen-bond acceptors (Lipinski definition) is 3. The van der Waals surface area contributed by atoms with Crippen molar-refractivity contribution in [3.63, 3.8) is 0 Å². The van der Waals surface area contributed by atoms with E-state index in [1.807, 2.05) is 0 Å². The summed E-state index contributed by atoms with van der Waals surface area (Å²) < 4.78 is 5.26. The van der Waals surface area contributed by atoms with Crippen molar-refractivity contribution in [1.82, 2.24) is 0 Å². The van der Waals surface area contributed by atoms with E-state index in [1.54, 1.807) is 0 Å². The number of carboxylic acid groups (broad SMARTS) is 2. The van der Waals surface area contributed by atoms with Gasteiger partial charge in [0.1, 0.15) is 0 Å². The van der Waals surface area contributed by atoms with Gasteiger partial charge in [-0.05, 0) is 0 Å². The molecule has 0 rings (SSSR count). The quantitative estimate of drug-likeness (QED) is 0.488. The Labute approximate surface area is 89.5 Å². The minimum atomic E-state index is -0.794. The van der Waals surface area contributed by atoms with Crippen molar-refractivity contribution in [2.45, 2.75) is 23.3 Å². The van der Waals surface area contributed by atoms with Crippen LogP contribution in [-0.4, -0.2) is 53.7 Å². The Bertz CT molecular complexity index is 154. The molecule has 0 spiro atoms. The molecular formula is C6H10Ge2O5. The Morgan fingerprint density at radius 1 is 1.00 bits per heavy atom. The van der Waals surface area contributed by atoms with E-state index in [2.05, 4.69) is 0 Å². The summed E-state index contributed by atoms with van der Waals surface area (Å²) in [5, 5.41) is 17.8. The van der Waals surface area contributed by atoms with E-state index in [0.717, 1.165) is 0 Å². The van der Waals surface area contributed by atoms with Crippen molar-refractivity contribution in [1.29, 1.82) is 0 Å². The molecule has 0 aliphatic heterocycles. The van der Waals surface area contributed by atoms with Crippen LogP contribution < -0.4 is 0 Å². The molecule has 0 aliphatic rings. The van der Waals surface area contributed by atoms with E-state index < -0.39 is 43.5 Å². The van der Waals surface area contributed by atoms with Crippen LogP contribution in [0.4, 0.5) is 0 Å². The average Bonchev–Trinajstić information content (AvgIpc) is 2.01. The summed E-state index contributed by atoms with van der Waals surface area (Å²) in [6.07, 6.45) is 0.343. The molecular weight excluding hydrogens is 297 g/mol. The molecule has 0 amide bonds. The van der Waals surface area contributed by atoms with Crippen molar-refractivity contribution in [3.8, 4) is 0 Å². The van der Waals surface area contributed by atoms with Gasteiger partial charge < -0.3 is 0 Å². The second kappa shape index (κ2) is 8.58. The SMILES string of the molecule is O=C(O)C[CH2][Ge][O][Ge][CH2]CC(=O)O. The summed E-state index contributed by atoms with van der Waals surface area (Å²) in [5.74, 6) is -1.59. The van der Waals surface area contributed by atoms with Crippen LogP contribution in [0.3, 0.4) is 0 Å². The zero-order chi connectivity index (χ0) is 10.1.